The van der Waals surface area contributed by atoms with Gasteiger partial charge in [0.25, 0.3) is 0 Å². The van der Waals surface area contributed by atoms with E-state index in [1.54, 1.807) is 37.7 Å². The third-order valence-corrected chi connectivity index (χ3v) is 6.15. The fourth-order valence-electron chi connectivity index (χ4n) is 3.58. The number of hydrogen-bond donors (Lipinski definition) is 3. The van der Waals surface area contributed by atoms with Gasteiger partial charge in [0.1, 0.15) is 17.6 Å². The molecule has 3 rings (SSSR count). The van der Waals surface area contributed by atoms with Crippen LogP contribution < -0.4 is 25.0 Å². The second-order valence-corrected chi connectivity index (χ2v) is 8.13. The predicted octanol–water partition coefficient (Wildman–Crippen LogP) is 3.02. The van der Waals surface area contributed by atoms with Crippen molar-refractivity contribution >= 4 is 22.3 Å². The van der Waals surface area contributed by atoms with Crippen LogP contribution in [0.4, 0.5) is 5.00 Å². The van der Waals surface area contributed by atoms with Gasteiger partial charge in [-0.05, 0) is 55.5 Å². The van der Waals surface area contributed by atoms with Crippen LogP contribution in [0.3, 0.4) is 0 Å². The molecule has 164 valence electrons. The smallest absolute Gasteiger partial charge is 0.191 e. The summed E-state index contributed by atoms with van der Waals surface area (Å²) in [7, 11) is 3.20. The lowest BCUT2D eigenvalue weighted by atomic mass is 10.1. The fraction of sp³-hybridized carbons (Fsp3) is 0.500. The summed E-state index contributed by atoms with van der Waals surface area (Å²) in [5, 5.41) is 21.0. The first kappa shape index (κ1) is 22.2. The Balaban J connectivity index is 1.59. The lowest BCUT2D eigenvalue weighted by molar-refractivity contribution is 0.182. The first-order chi connectivity index (χ1) is 14.6. The van der Waals surface area contributed by atoms with Crippen molar-refractivity contribution in [1.29, 1.82) is 0 Å². The molecule has 0 aliphatic carbocycles. The summed E-state index contributed by atoms with van der Waals surface area (Å²) in [5.41, 5.74) is 0.667. The summed E-state index contributed by atoms with van der Waals surface area (Å²) < 4.78 is 10.7. The van der Waals surface area contributed by atoms with E-state index in [1.807, 2.05) is 13.0 Å². The Kier molecular flexibility index (Phi) is 8.21. The highest BCUT2D eigenvalue weighted by molar-refractivity contribution is 7.14. The van der Waals surface area contributed by atoms with Crippen LogP contribution in [0.5, 0.6) is 11.5 Å². The van der Waals surface area contributed by atoms with Gasteiger partial charge in [0.2, 0.25) is 0 Å². The molecule has 30 heavy (non-hydrogen) atoms. The topological polar surface area (TPSA) is 78.4 Å². The number of aliphatic imine (C=N–C) groups is 1. The van der Waals surface area contributed by atoms with Crippen LogP contribution in [0.1, 0.15) is 31.4 Å². The van der Waals surface area contributed by atoms with Crippen LogP contribution in [-0.2, 0) is 0 Å². The summed E-state index contributed by atoms with van der Waals surface area (Å²) in [6.45, 7) is 5.09. The van der Waals surface area contributed by atoms with E-state index in [4.69, 9.17) is 9.47 Å². The van der Waals surface area contributed by atoms with E-state index < -0.39 is 6.10 Å². The minimum atomic E-state index is -0.786. The molecule has 0 radical (unpaired) electrons. The molecule has 3 N–H and O–H groups in total. The number of rotatable bonds is 8. The zero-order chi connectivity index (χ0) is 21.3. The van der Waals surface area contributed by atoms with Crippen LogP contribution in [0.25, 0.3) is 0 Å². The van der Waals surface area contributed by atoms with E-state index in [0.717, 1.165) is 38.4 Å². The monoisotopic (exact) mass is 432 g/mol. The van der Waals surface area contributed by atoms with Crippen molar-refractivity contribution in [1.82, 2.24) is 10.6 Å². The molecule has 8 heteroatoms. The van der Waals surface area contributed by atoms with Crippen molar-refractivity contribution in [3.63, 3.8) is 0 Å². The van der Waals surface area contributed by atoms with Gasteiger partial charge in [-0.3, -0.25) is 4.99 Å². The van der Waals surface area contributed by atoms with Crippen molar-refractivity contribution in [2.75, 3.05) is 45.3 Å². The lowest BCUT2D eigenvalue weighted by Crippen LogP contribution is -2.48. The van der Waals surface area contributed by atoms with Crippen LogP contribution in [-0.4, -0.2) is 57.5 Å². The van der Waals surface area contributed by atoms with Crippen molar-refractivity contribution in [3.05, 3.63) is 41.3 Å². The summed E-state index contributed by atoms with van der Waals surface area (Å²) in [6, 6.07) is 10.0. The van der Waals surface area contributed by atoms with E-state index in [0.29, 0.717) is 23.1 Å². The molecule has 7 nitrogen and oxygen atoms in total. The molecule has 2 heterocycles. The molecule has 0 spiro atoms. The van der Waals surface area contributed by atoms with Gasteiger partial charge >= 0.3 is 0 Å². The number of piperidine rings is 1. The molecule has 0 amide bonds. The van der Waals surface area contributed by atoms with Crippen LogP contribution in [0, 0.1) is 0 Å². The van der Waals surface area contributed by atoms with Gasteiger partial charge < -0.3 is 30.1 Å². The SMILES string of the molecule is CCNC(=NCC(O)c1cc(OC)ccc1OC)NC1CCN(c2cccs2)CC1. The Morgan fingerprint density at radius 2 is 2.07 bits per heavy atom. The van der Waals surface area contributed by atoms with E-state index in [1.165, 1.54) is 5.00 Å². The van der Waals surface area contributed by atoms with Crippen molar-refractivity contribution in [2.45, 2.75) is 31.9 Å². The van der Waals surface area contributed by atoms with Gasteiger partial charge in [0, 0.05) is 31.2 Å². The minimum Gasteiger partial charge on any atom is -0.497 e. The zero-order valence-corrected chi connectivity index (χ0v) is 18.7. The maximum atomic E-state index is 10.7. The standard InChI is InChI=1S/C22H32N4O3S/c1-4-23-22(25-16-9-11-26(12-10-16)21-6-5-13-30-21)24-15-19(27)18-14-17(28-2)7-8-20(18)29-3/h5-8,13-14,16,19,27H,4,9-12,15H2,1-3H3,(H2,23,24,25). The number of thiophene rings is 1. The largest absolute Gasteiger partial charge is 0.497 e. The number of nitrogens with one attached hydrogen (secondary N) is 2. The zero-order valence-electron chi connectivity index (χ0n) is 17.9. The van der Waals surface area contributed by atoms with Gasteiger partial charge in [-0.2, -0.15) is 0 Å². The van der Waals surface area contributed by atoms with Gasteiger partial charge in [-0.1, -0.05) is 0 Å². The Morgan fingerprint density at radius 3 is 2.70 bits per heavy atom. The number of anilines is 1. The molecule has 1 aliphatic heterocycles. The minimum absolute atomic E-state index is 0.229. The molecule has 0 saturated carbocycles. The number of aliphatic hydroxyl groups excluding tert-OH is 1. The second kappa shape index (κ2) is 11.1. The van der Waals surface area contributed by atoms with Gasteiger partial charge in [-0.25, -0.2) is 0 Å². The molecule has 1 aromatic heterocycles. The number of benzene rings is 1. The van der Waals surface area contributed by atoms with E-state index in [-0.39, 0.29) is 6.54 Å². The van der Waals surface area contributed by atoms with Crippen molar-refractivity contribution in [3.8, 4) is 11.5 Å². The molecule has 1 unspecified atom stereocenters. The molecule has 1 atom stereocenters. The van der Waals surface area contributed by atoms with E-state index in [9.17, 15) is 5.11 Å². The molecule has 1 saturated heterocycles. The highest BCUT2D eigenvalue weighted by Crippen LogP contribution is 2.29. The van der Waals surface area contributed by atoms with Gasteiger partial charge in [0.05, 0.1) is 25.8 Å². The molecule has 1 fully saturated rings. The van der Waals surface area contributed by atoms with Crippen LogP contribution in [0.2, 0.25) is 0 Å². The first-order valence-corrected chi connectivity index (χ1v) is 11.3. The Labute approximate surface area is 182 Å². The Morgan fingerprint density at radius 1 is 1.27 bits per heavy atom. The third-order valence-electron chi connectivity index (χ3n) is 5.22. The summed E-state index contributed by atoms with van der Waals surface area (Å²) >= 11 is 1.79. The van der Waals surface area contributed by atoms with Gasteiger partial charge in [-0.15, -0.1) is 11.3 Å². The number of methoxy groups -OCH3 is 2. The fourth-order valence-corrected chi connectivity index (χ4v) is 4.37. The Bertz CT molecular complexity index is 805. The summed E-state index contributed by atoms with van der Waals surface area (Å²) in [5.74, 6) is 2.03. The maximum absolute atomic E-state index is 10.7. The lowest BCUT2D eigenvalue weighted by Gasteiger charge is -2.33. The maximum Gasteiger partial charge on any atom is 0.191 e. The summed E-state index contributed by atoms with van der Waals surface area (Å²) in [4.78, 5) is 7.06. The number of ether oxygens (including phenoxy) is 2. The molecular weight excluding hydrogens is 400 g/mol. The quantitative estimate of drug-likeness (QED) is 0.440. The molecule has 2 aromatic rings. The number of nitrogens with zero attached hydrogens (tertiary/aromatic N) is 2. The van der Waals surface area contributed by atoms with E-state index >= 15 is 0 Å². The Hall–Kier alpha value is -2.45. The number of aliphatic hydroxyl groups is 1. The second-order valence-electron chi connectivity index (χ2n) is 7.20. The first-order valence-electron chi connectivity index (χ1n) is 10.4. The molecule has 0 bridgehead atoms. The van der Waals surface area contributed by atoms with Crippen molar-refractivity contribution in [2.24, 2.45) is 4.99 Å². The number of guanidine groups is 1. The van der Waals surface area contributed by atoms with E-state index in [2.05, 4.69) is 38.0 Å². The predicted molar refractivity (Wildman–Crippen MR) is 123 cm³/mol. The van der Waals surface area contributed by atoms with Crippen LogP contribution >= 0.6 is 11.3 Å². The third kappa shape index (κ3) is 5.79. The molecule has 1 aromatic carbocycles. The van der Waals surface area contributed by atoms with Crippen molar-refractivity contribution < 1.29 is 14.6 Å². The molecular formula is C22H32N4O3S. The highest BCUT2D eigenvalue weighted by Gasteiger charge is 2.21. The number of hydrogen-bond acceptors (Lipinski definition) is 6. The average molecular weight is 433 g/mol. The summed E-state index contributed by atoms with van der Waals surface area (Å²) in [6.07, 6.45) is 1.31. The average Bonchev–Trinajstić information content (AvgIpc) is 3.32. The normalized spacial score (nSPS) is 16.3. The van der Waals surface area contributed by atoms with Gasteiger partial charge in [0.15, 0.2) is 5.96 Å². The molecule has 1 aliphatic rings. The van der Waals surface area contributed by atoms with Crippen LogP contribution in [0.15, 0.2) is 40.7 Å². The highest BCUT2D eigenvalue weighted by atomic mass is 32.1.